The summed E-state index contributed by atoms with van der Waals surface area (Å²) in [6.07, 6.45) is -2.23. The Hall–Kier alpha value is -2.90. The second-order valence-corrected chi connectivity index (χ2v) is 6.33. The van der Waals surface area contributed by atoms with Gasteiger partial charge in [-0.05, 0) is 20.8 Å². The lowest BCUT2D eigenvalue weighted by molar-refractivity contribution is -0.123. The number of amides is 2. The Labute approximate surface area is 151 Å². The van der Waals surface area contributed by atoms with E-state index in [1.807, 2.05) is 10.6 Å². The van der Waals surface area contributed by atoms with Gasteiger partial charge in [-0.2, -0.15) is 5.26 Å². The molecule has 2 N–H and O–H groups in total. The third-order valence-corrected chi connectivity index (χ3v) is 3.06. The first-order chi connectivity index (χ1) is 12.4. The van der Waals surface area contributed by atoms with Gasteiger partial charge in [0.15, 0.2) is 23.3 Å². The van der Waals surface area contributed by atoms with Gasteiger partial charge in [0.2, 0.25) is 11.7 Å². The molecule has 1 atom stereocenters. The predicted molar refractivity (Wildman–Crippen MR) is 81.7 cm³/mol. The standard InChI is InChI=1S/C16H16F5N3O3/c1-16(2,3)27-15(26)24-8(14(25)23-5-4-22)6-7-9(17)11(19)13(21)12(20)10(7)18/h8H,5-6H2,1-3H3,(H,23,25)(H,24,26)/t8-/m0/s1. The summed E-state index contributed by atoms with van der Waals surface area (Å²) in [4.78, 5) is 23.8. The molecule has 0 heterocycles. The van der Waals surface area contributed by atoms with Crippen LogP contribution >= 0.6 is 0 Å². The van der Waals surface area contributed by atoms with E-state index >= 15 is 0 Å². The van der Waals surface area contributed by atoms with E-state index in [0.29, 0.717) is 0 Å². The average molecular weight is 393 g/mol. The number of halogens is 5. The van der Waals surface area contributed by atoms with E-state index in [4.69, 9.17) is 10.00 Å². The molecule has 0 unspecified atom stereocenters. The summed E-state index contributed by atoms with van der Waals surface area (Å²) in [7, 11) is 0. The number of rotatable bonds is 5. The van der Waals surface area contributed by atoms with Crippen LogP contribution in [0.3, 0.4) is 0 Å². The highest BCUT2D eigenvalue weighted by atomic mass is 19.2. The van der Waals surface area contributed by atoms with E-state index in [1.54, 1.807) is 6.07 Å². The number of nitrogens with zero attached hydrogens (tertiary/aromatic N) is 1. The molecular formula is C16H16F5N3O3. The Bertz CT molecular complexity index is 758. The van der Waals surface area contributed by atoms with E-state index in [0.717, 1.165) is 0 Å². The van der Waals surface area contributed by atoms with Crippen molar-refractivity contribution in [1.82, 2.24) is 10.6 Å². The largest absolute Gasteiger partial charge is 0.444 e. The van der Waals surface area contributed by atoms with Gasteiger partial charge < -0.3 is 15.4 Å². The van der Waals surface area contributed by atoms with Crippen molar-refractivity contribution in [3.05, 3.63) is 34.6 Å². The average Bonchev–Trinajstić information content (AvgIpc) is 2.57. The zero-order valence-electron chi connectivity index (χ0n) is 14.6. The molecule has 0 saturated heterocycles. The molecule has 0 aliphatic carbocycles. The molecule has 148 valence electrons. The number of ether oxygens (including phenoxy) is 1. The van der Waals surface area contributed by atoms with Crippen molar-refractivity contribution in [1.29, 1.82) is 5.26 Å². The number of alkyl carbamates (subject to hydrolysis) is 1. The Morgan fingerprint density at radius 3 is 1.96 bits per heavy atom. The summed E-state index contributed by atoms with van der Waals surface area (Å²) in [5, 5.41) is 12.5. The number of carbonyl (C=O) groups excluding carboxylic acids is 2. The maximum Gasteiger partial charge on any atom is 0.408 e. The van der Waals surface area contributed by atoms with Crippen LogP contribution in [0.1, 0.15) is 26.3 Å². The van der Waals surface area contributed by atoms with Gasteiger partial charge >= 0.3 is 6.09 Å². The van der Waals surface area contributed by atoms with Crippen LogP contribution in [0.5, 0.6) is 0 Å². The van der Waals surface area contributed by atoms with Crippen LogP contribution < -0.4 is 10.6 Å². The van der Waals surface area contributed by atoms with Crippen LogP contribution in [-0.4, -0.2) is 30.2 Å². The number of nitrogens with one attached hydrogen (secondary N) is 2. The molecule has 27 heavy (non-hydrogen) atoms. The Kier molecular flexibility index (Phi) is 7.10. The first-order valence-electron chi connectivity index (χ1n) is 7.53. The first kappa shape index (κ1) is 22.1. The van der Waals surface area contributed by atoms with Crippen LogP contribution in [0.15, 0.2) is 0 Å². The minimum atomic E-state index is -2.35. The molecule has 1 aromatic carbocycles. The van der Waals surface area contributed by atoms with Gasteiger partial charge in [-0.15, -0.1) is 0 Å². The van der Waals surface area contributed by atoms with Crippen molar-refractivity contribution in [3.63, 3.8) is 0 Å². The molecule has 0 radical (unpaired) electrons. The lowest BCUT2D eigenvalue weighted by Gasteiger charge is -2.23. The van der Waals surface area contributed by atoms with E-state index < -0.39 is 71.3 Å². The maximum atomic E-state index is 13.8. The van der Waals surface area contributed by atoms with E-state index in [9.17, 15) is 31.5 Å². The third kappa shape index (κ3) is 5.80. The molecular weight excluding hydrogens is 377 g/mol. The quantitative estimate of drug-likeness (QED) is 0.348. The highest BCUT2D eigenvalue weighted by Gasteiger charge is 2.31. The molecule has 0 bridgehead atoms. The second-order valence-electron chi connectivity index (χ2n) is 6.33. The fourth-order valence-corrected chi connectivity index (χ4v) is 1.94. The lowest BCUT2D eigenvalue weighted by atomic mass is 10.0. The van der Waals surface area contributed by atoms with Gasteiger partial charge in [-0.3, -0.25) is 4.79 Å². The number of nitriles is 1. The Balaban J connectivity index is 3.20. The fourth-order valence-electron chi connectivity index (χ4n) is 1.94. The molecule has 6 nitrogen and oxygen atoms in total. The minimum Gasteiger partial charge on any atom is -0.444 e. The van der Waals surface area contributed by atoms with Gasteiger partial charge in [0.25, 0.3) is 0 Å². The van der Waals surface area contributed by atoms with Crippen molar-refractivity contribution in [2.24, 2.45) is 0 Å². The van der Waals surface area contributed by atoms with Gasteiger partial charge in [0, 0.05) is 12.0 Å². The number of benzene rings is 1. The Morgan fingerprint density at radius 1 is 1.04 bits per heavy atom. The summed E-state index contributed by atoms with van der Waals surface area (Å²) in [6.45, 7) is 3.99. The summed E-state index contributed by atoms with van der Waals surface area (Å²) in [5.41, 5.74) is -2.28. The molecule has 1 rings (SSSR count). The van der Waals surface area contributed by atoms with Crippen molar-refractivity contribution in [2.45, 2.75) is 38.8 Å². The molecule has 0 aliphatic rings. The molecule has 2 amide bonds. The fraction of sp³-hybridized carbons (Fsp3) is 0.438. The van der Waals surface area contributed by atoms with Crippen molar-refractivity contribution in [2.75, 3.05) is 6.54 Å². The topological polar surface area (TPSA) is 91.2 Å². The van der Waals surface area contributed by atoms with Crippen LogP contribution in [-0.2, 0) is 16.0 Å². The monoisotopic (exact) mass is 393 g/mol. The van der Waals surface area contributed by atoms with Crippen LogP contribution in [0.2, 0.25) is 0 Å². The molecule has 0 aromatic heterocycles. The van der Waals surface area contributed by atoms with E-state index in [-0.39, 0.29) is 0 Å². The number of hydrogen-bond donors (Lipinski definition) is 2. The molecule has 0 aliphatic heterocycles. The van der Waals surface area contributed by atoms with Crippen molar-refractivity contribution >= 4 is 12.0 Å². The van der Waals surface area contributed by atoms with E-state index in [2.05, 4.69) is 0 Å². The smallest absolute Gasteiger partial charge is 0.408 e. The van der Waals surface area contributed by atoms with Gasteiger partial charge in [0.05, 0.1) is 6.07 Å². The number of hydrogen-bond acceptors (Lipinski definition) is 4. The van der Waals surface area contributed by atoms with Gasteiger partial charge in [-0.1, -0.05) is 0 Å². The second kappa shape index (κ2) is 8.66. The predicted octanol–water partition coefficient (Wildman–Crippen LogP) is 2.46. The first-order valence-corrected chi connectivity index (χ1v) is 7.53. The lowest BCUT2D eigenvalue weighted by Crippen LogP contribution is -2.49. The molecule has 0 fully saturated rings. The van der Waals surface area contributed by atoms with Crippen LogP contribution in [0, 0.1) is 40.4 Å². The maximum absolute atomic E-state index is 13.8. The third-order valence-electron chi connectivity index (χ3n) is 3.06. The Morgan fingerprint density at radius 2 is 1.52 bits per heavy atom. The highest BCUT2D eigenvalue weighted by molar-refractivity contribution is 5.86. The van der Waals surface area contributed by atoms with Gasteiger partial charge in [0.1, 0.15) is 18.2 Å². The summed E-state index contributed by atoms with van der Waals surface area (Å²) >= 11 is 0. The molecule has 0 spiro atoms. The van der Waals surface area contributed by atoms with Crippen molar-refractivity contribution < 1.29 is 36.3 Å². The van der Waals surface area contributed by atoms with Crippen LogP contribution in [0.4, 0.5) is 26.7 Å². The SMILES string of the molecule is CC(C)(C)OC(=O)N[C@@H](Cc1c(F)c(F)c(F)c(F)c1F)C(=O)NCC#N. The zero-order chi connectivity index (χ0) is 20.9. The van der Waals surface area contributed by atoms with Crippen molar-refractivity contribution in [3.8, 4) is 6.07 Å². The number of carbonyl (C=O) groups is 2. The van der Waals surface area contributed by atoms with Gasteiger partial charge in [-0.25, -0.2) is 26.7 Å². The summed E-state index contributed by atoms with van der Waals surface area (Å²) in [6, 6.07) is -0.199. The minimum absolute atomic E-state index is 0.511. The zero-order valence-corrected chi connectivity index (χ0v) is 14.6. The normalized spacial score (nSPS) is 12.1. The highest BCUT2D eigenvalue weighted by Crippen LogP contribution is 2.24. The van der Waals surface area contributed by atoms with Crippen LogP contribution in [0.25, 0.3) is 0 Å². The molecule has 1 aromatic rings. The summed E-state index contributed by atoms with van der Waals surface area (Å²) in [5.74, 6) is -12.0. The molecule has 11 heteroatoms. The molecule has 0 saturated carbocycles. The van der Waals surface area contributed by atoms with E-state index in [1.165, 1.54) is 20.8 Å². The summed E-state index contributed by atoms with van der Waals surface area (Å²) < 4.78 is 72.3.